The summed E-state index contributed by atoms with van der Waals surface area (Å²) in [7, 11) is 3.48. The number of rotatable bonds is 18. The topological polar surface area (TPSA) is 133 Å². The molecule has 0 aliphatic rings. The summed E-state index contributed by atoms with van der Waals surface area (Å²) in [6, 6.07) is -1.83. The predicted octanol–water partition coefficient (Wildman–Crippen LogP) is 0.651. The molecule has 0 spiro atoms. The van der Waals surface area contributed by atoms with E-state index in [1.165, 1.54) is 20.8 Å². The zero-order valence-corrected chi connectivity index (χ0v) is 19.6. The second-order valence-electron chi connectivity index (χ2n) is 8.09. The van der Waals surface area contributed by atoms with Gasteiger partial charge in [-0.05, 0) is 67.1 Å². The molecule has 3 atom stereocenters. The van der Waals surface area contributed by atoms with E-state index in [9.17, 15) is 24.0 Å². The van der Waals surface area contributed by atoms with Crippen LogP contribution >= 0.6 is 0 Å². The lowest BCUT2D eigenvalue weighted by atomic mass is 10.0. The second-order valence-corrected chi connectivity index (χ2v) is 8.09. The number of likely N-dealkylation sites (N-methyl/N-ethyl adjacent to an activating group) is 1. The van der Waals surface area contributed by atoms with Gasteiger partial charge in [-0.2, -0.15) is 0 Å². The highest BCUT2D eigenvalue weighted by Gasteiger charge is 2.27. The second kappa shape index (κ2) is 16.5. The molecular formula is C22H40N4O5. The van der Waals surface area contributed by atoms with Gasteiger partial charge in [-0.15, -0.1) is 0 Å². The smallest absolute Gasteiger partial charge is 0.242 e. The molecule has 0 aromatic carbocycles. The summed E-state index contributed by atoms with van der Waals surface area (Å²) >= 11 is 0. The van der Waals surface area contributed by atoms with Crippen LogP contribution in [0.5, 0.6) is 0 Å². The first-order chi connectivity index (χ1) is 14.6. The fourth-order valence-electron chi connectivity index (χ4n) is 3.21. The van der Waals surface area contributed by atoms with Gasteiger partial charge in [0, 0.05) is 25.3 Å². The standard InChI is InChI=1S/C22H40N4O5/c1-15(27)9-11-19(24-5)21(30)26-20(12-10-16(2)28)22(31)25-18(14-17(3)29)8-6-7-13-23-4/h18-20,23-24H,6-14H2,1-5H3,(H,25,31)(H,26,30). The van der Waals surface area contributed by atoms with Gasteiger partial charge >= 0.3 is 0 Å². The van der Waals surface area contributed by atoms with Crippen LogP contribution in [0.4, 0.5) is 0 Å². The third kappa shape index (κ3) is 14.5. The minimum Gasteiger partial charge on any atom is -0.351 e. The Labute approximate surface area is 185 Å². The molecule has 0 bridgehead atoms. The molecule has 178 valence electrons. The van der Waals surface area contributed by atoms with Crippen LogP contribution in [-0.2, 0) is 24.0 Å². The van der Waals surface area contributed by atoms with Crippen LogP contribution in [0.15, 0.2) is 0 Å². The molecule has 31 heavy (non-hydrogen) atoms. The Morgan fingerprint density at radius 2 is 1.23 bits per heavy atom. The molecule has 0 aliphatic heterocycles. The number of carbonyl (C=O) groups excluding carboxylic acids is 5. The van der Waals surface area contributed by atoms with Gasteiger partial charge in [0.05, 0.1) is 6.04 Å². The molecule has 0 saturated heterocycles. The van der Waals surface area contributed by atoms with Crippen molar-refractivity contribution in [1.82, 2.24) is 21.3 Å². The molecule has 0 aromatic heterocycles. The monoisotopic (exact) mass is 440 g/mol. The number of hydrogen-bond acceptors (Lipinski definition) is 7. The zero-order chi connectivity index (χ0) is 23.8. The van der Waals surface area contributed by atoms with E-state index >= 15 is 0 Å². The average molecular weight is 441 g/mol. The summed E-state index contributed by atoms with van der Waals surface area (Å²) in [5.41, 5.74) is 0. The highest BCUT2D eigenvalue weighted by atomic mass is 16.2. The van der Waals surface area contributed by atoms with Crippen LogP contribution in [0, 0.1) is 0 Å². The van der Waals surface area contributed by atoms with Gasteiger partial charge in [-0.25, -0.2) is 0 Å². The lowest BCUT2D eigenvalue weighted by Gasteiger charge is -2.25. The Bertz CT molecular complexity index is 609. The first-order valence-electron chi connectivity index (χ1n) is 11.0. The third-order valence-electron chi connectivity index (χ3n) is 4.98. The van der Waals surface area contributed by atoms with Gasteiger partial charge in [0.2, 0.25) is 11.8 Å². The fraction of sp³-hybridized carbons (Fsp3) is 0.773. The largest absolute Gasteiger partial charge is 0.351 e. The van der Waals surface area contributed by atoms with Crippen molar-refractivity contribution in [2.75, 3.05) is 20.6 Å². The van der Waals surface area contributed by atoms with E-state index < -0.39 is 23.9 Å². The van der Waals surface area contributed by atoms with Crippen molar-refractivity contribution < 1.29 is 24.0 Å². The molecule has 0 aliphatic carbocycles. The van der Waals surface area contributed by atoms with E-state index in [2.05, 4.69) is 21.3 Å². The van der Waals surface area contributed by atoms with Crippen molar-refractivity contribution in [2.24, 2.45) is 0 Å². The Kier molecular flexibility index (Phi) is 15.4. The van der Waals surface area contributed by atoms with Crippen molar-refractivity contribution in [3.63, 3.8) is 0 Å². The minimum absolute atomic E-state index is 0.0238. The molecule has 0 heterocycles. The molecule has 4 N–H and O–H groups in total. The third-order valence-corrected chi connectivity index (χ3v) is 4.98. The number of unbranched alkanes of at least 4 members (excludes halogenated alkanes) is 1. The van der Waals surface area contributed by atoms with Crippen molar-refractivity contribution in [3.05, 3.63) is 0 Å². The van der Waals surface area contributed by atoms with E-state index in [1.54, 1.807) is 7.05 Å². The first-order valence-corrected chi connectivity index (χ1v) is 11.0. The van der Waals surface area contributed by atoms with Crippen molar-refractivity contribution in [2.45, 2.75) is 90.3 Å². The summed E-state index contributed by atoms with van der Waals surface area (Å²) < 4.78 is 0. The number of amides is 2. The molecule has 9 nitrogen and oxygen atoms in total. The van der Waals surface area contributed by atoms with Crippen molar-refractivity contribution in [3.8, 4) is 0 Å². The predicted molar refractivity (Wildman–Crippen MR) is 120 cm³/mol. The van der Waals surface area contributed by atoms with E-state index in [1.807, 2.05) is 7.05 Å². The van der Waals surface area contributed by atoms with Crippen LogP contribution in [0.25, 0.3) is 0 Å². The van der Waals surface area contributed by atoms with Crippen LogP contribution in [0.1, 0.15) is 72.1 Å². The van der Waals surface area contributed by atoms with Crippen LogP contribution in [0.2, 0.25) is 0 Å². The SMILES string of the molecule is CNCCCCC(CC(C)=O)NC(=O)C(CCC(C)=O)NC(=O)C(CCC(C)=O)NC. The normalized spacial score (nSPS) is 13.7. The minimum atomic E-state index is -0.892. The Morgan fingerprint density at radius 3 is 1.71 bits per heavy atom. The molecule has 0 fully saturated rings. The maximum absolute atomic E-state index is 12.9. The maximum Gasteiger partial charge on any atom is 0.242 e. The van der Waals surface area contributed by atoms with Gasteiger partial charge in [0.15, 0.2) is 0 Å². The molecule has 0 radical (unpaired) electrons. The van der Waals surface area contributed by atoms with Crippen molar-refractivity contribution >= 4 is 29.2 Å². The van der Waals surface area contributed by atoms with Gasteiger partial charge in [-0.1, -0.05) is 6.42 Å². The van der Waals surface area contributed by atoms with Crippen LogP contribution in [-0.4, -0.2) is 67.9 Å². The highest BCUT2D eigenvalue weighted by Crippen LogP contribution is 2.08. The summed E-state index contributed by atoms with van der Waals surface area (Å²) in [5.74, 6) is -0.936. The number of Topliss-reactive ketones (excluding diaryl/α,β-unsaturated/α-hetero) is 3. The van der Waals surface area contributed by atoms with E-state index in [4.69, 9.17) is 0 Å². The summed E-state index contributed by atoms with van der Waals surface area (Å²) in [6.07, 6.45) is 3.52. The van der Waals surface area contributed by atoms with Gasteiger partial charge in [0.1, 0.15) is 23.4 Å². The molecule has 0 aromatic rings. The van der Waals surface area contributed by atoms with Gasteiger partial charge in [0.25, 0.3) is 0 Å². The summed E-state index contributed by atoms with van der Waals surface area (Å²) in [6.45, 7) is 5.22. The summed E-state index contributed by atoms with van der Waals surface area (Å²) in [4.78, 5) is 59.9. The molecule has 0 saturated carbocycles. The molecule has 2 amide bonds. The van der Waals surface area contributed by atoms with E-state index in [-0.39, 0.29) is 49.1 Å². The number of hydrogen-bond donors (Lipinski definition) is 4. The zero-order valence-electron chi connectivity index (χ0n) is 19.6. The lowest BCUT2D eigenvalue weighted by Crippen LogP contribution is -2.54. The van der Waals surface area contributed by atoms with Gasteiger partial charge in [-0.3, -0.25) is 14.4 Å². The van der Waals surface area contributed by atoms with Gasteiger partial charge < -0.3 is 30.9 Å². The molecule has 0 rings (SSSR count). The Hall–Kier alpha value is -2.13. The van der Waals surface area contributed by atoms with Crippen LogP contribution < -0.4 is 21.3 Å². The number of carbonyl (C=O) groups is 5. The Balaban J connectivity index is 5.16. The first kappa shape index (κ1) is 28.9. The molecule has 3 unspecified atom stereocenters. The lowest BCUT2D eigenvalue weighted by molar-refractivity contribution is -0.131. The fourth-order valence-corrected chi connectivity index (χ4v) is 3.21. The maximum atomic E-state index is 12.9. The Morgan fingerprint density at radius 1 is 0.677 bits per heavy atom. The molecular weight excluding hydrogens is 400 g/mol. The van der Waals surface area contributed by atoms with Crippen molar-refractivity contribution in [1.29, 1.82) is 0 Å². The van der Waals surface area contributed by atoms with Crippen LogP contribution in [0.3, 0.4) is 0 Å². The number of ketones is 3. The van der Waals surface area contributed by atoms with E-state index in [0.29, 0.717) is 12.8 Å². The highest BCUT2D eigenvalue weighted by molar-refractivity contribution is 5.91. The average Bonchev–Trinajstić information content (AvgIpc) is 2.67. The molecule has 9 heteroatoms. The van der Waals surface area contributed by atoms with E-state index in [0.717, 1.165) is 19.4 Å². The number of nitrogens with one attached hydrogen (secondary N) is 4. The summed E-state index contributed by atoms with van der Waals surface area (Å²) in [5, 5.41) is 11.5. The quantitative estimate of drug-likeness (QED) is 0.230.